The number of anilines is 1. The minimum atomic E-state index is 0.699. The topological polar surface area (TPSA) is 15.3 Å². The summed E-state index contributed by atoms with van der Waals surface area (Å²) in [6.45, 7) is 3.63. The molecule has 0 bridgehead atoms. The first-order chi connectivity index (χ1) is 8.42. The van der Waals surface area contributed by atoms with Crippen LogP contribution in [-0.4, -0.2) is 25.7 Å². The molecule has 1 unspecified atom stereocenters. The number of rotatable bonds is 4. The second kappa shape index (κ2) is 5.09. The van der Waals surface area contributed by atoms with Crippen LogP contribution in [0.15, 0.2) is 30.3 Å². The molecule has 0 aromatic heterocycles. The number of benzene rings is 1. The molecule has 2 nitrogen and oxygen atoms in total. The van der Waals surface area contributed by atoms with E-state index in [1.807, 2.05) is 0 Å². The predicted octanol–water partition coefficient (Wildman–Crippen LogP) is 2.66. The summed E-state index contributed by atoms with van der Waals surface area (Å²) in [7, 11) is 0. The Morgan fingerprint density at radius 2 is 1.94 bits per heavy atom. The Kier molecular flexibility index (Phi) is 3.32. The lowest BCUT2D eigenvalue weighted by Gasteiger charge is -2.35. The van der Waals surface area contributed by atoms with Crippen molar-refractivity contribution in [2.24, 2.45) is 5.92 Å². The van der Waals surface area contributed by atoms with Crippen molar-refractivity contribution in [3.05, 3.63) is 30.3 Å². The molecule has 0 radical (unpaired) electrons. The maximum Gasteiger partial charge on any atom is 0.0366 e. The average molecular weight is 230 g/mol. The monoisotopic (exact) mass is 230 g/mol. The minimum absolute atomic E-state index is 0.699. The third kappa shape index (κ3) is 3.01. The van der Waals surface area contributed by atoms with Crippen molar-refractivity contribution in [1.29, 1.82) is 0 Å². The highest BCUT2D eigenvalue weighted by atomic mass is 15.2. The van der Waals surface area contributed by atoms with Gasteiger partial charge in [0.2, 0.25) is 0 Å². The smallest absolute Gasteiger partial charge is 0.0366 e. The first kappa shape index (κ1) is 11.1. The van der Waals surface area contributed by atoms with Crippen molar-refractivity contribution in [1.82, 2.24) is 5.32 Å². The quantitative estimate of drug-likeness (QED) is 0.855. The zero-order valence-corrected chi connectivity index (χ0v) is 10.4. The number of piperidine rings is 1. The summed E-state index contributed by atoms with van der Waals surface area (Å²) < 4.78 is 0. The van der Waals surface area contributed by atoms with Gasteiger partial charge in [0.1, 0.15) is 0 Å². The van der Waals surface area contributed by atoms with Gasteiger partial charge in [-0.15, -0.1) is 0 Å². The Balaban J connectivity index is 1.55. The van der Waals surface area contributed by atoms with Crippen LogP contribution >= 0.6 is 0 Å². The van der Waals surface area contributed by atoms with Gasteiger partial charge in [-0.2, -0.15) is 0 Å². The van der Waals surface area contributed by atoms with Gasteiger partial charge in [-0.05, 0) is 50.3 Å². The number of hydrogen-bond acceptors (Lipinski definition) is 2. The van der Waals surface area contributed by atoms with Crippen molar-refractivity contribution in [3.8, 4) is 0 Å². The van der Waals surface area contributed by atoms with Crippen LogP contribution in [-0.2, 0) is 0 Å². The molecule has 0 amide bonds. The first-order valence-electron chi connectivity index (χ1n) is 6.95. The van der Waals surface area contributed by atoms with Crippen molar-refractivity contribution in [2.75, 3.05) is 24.5 Å². The van der Waals surface area contributed by atoms with Crippen LogP contribution in [0.4, 0.5) is 5.69 Å². The fourth-order valence-corrected chi connectivity index (χ4v) is 2.67. The summed E-state index contributed by atoms with van der Waals surface area (Å²) in [5.74, 6) is 0.988. The number of para-hydroxylation sites is 1. The van der Waals surface area contributed by atoms with E-state index in [1.54, 1.807) is 0 Å². The Morgan fingerprint density at radius 3 is 2.71 bits per heavy atom. The van der Waals surface area contributed by atoms with E-state index in [1.165, 1.54) is 51.0 Å². The SMILES string of the molecule is c1ccc(N2CCCC(NCC3CC3)C2)cc1. The molecule has 92 valence electrons. The third-order valence-electron chi connectivity index (χ3n) is 3.93. The predicted molar refractivity (Wildman–Crippen MR) is 72.4 cm³/mol. The van der Waals surface area contributed by atoms with Crippen LogP contribution < -0.4 is 10.2 Å². The van der Waals surface area contributed by atoms with E-state index in [2.05, 4.69) is 40.5 Å². The van der Waals surface area contributed by atoms with E-state index in [-0.39, 0.29) is 0 Å². The lowest BCUT2D eigenvalue weighted by Crippen LogP contribution is -2.46. The van der Waals surface area contributed by atoms with Gasteiger partial charge in [-0.25, -0.2) is 0 Å². The van der Waals surface area contributed by atoms with E-state index in [0.29, 0.717) is 6.04 Å². The van der Waals surface area contributed by atoms with Gasteiger partial charge in [-0.1, -0.05) is 18.2 Å². The van der Waals surface area contributed by atoms with E-state index < -0.39 is 0 Å². The Labute approximate surface area is 104 Å². The highest BCUT2D eigenvalue weighted by Gasteiger charge is 2.24. The van der Waals surface area contributed by atoms with Crippen LogP contribution in [0.2, 0.25) is 0 Å². The number of hydrogen-bond donors (Lipinski definition) is 1. The molecule has 1 aliphatic heterocycles. The number of nitrogens with zero attached hydrogens (tertiary/aromatic N) is 1. The molecular formula is C15H22N2. The van der Waals surface area contributed by atoms with Crippen LogP contribution in [0.25, 0.3) is 0 Å². The molecule has 3 rings (SSSR count). The van der Waals surface area contributed by atoms with E-state index in [9.17, 15) is 0 Å². The van der Waals surface area contributed by atoms with E-state index in [4.69, 9.17) is 0 Å². The maximum absolute atomic E-state index is 3.74. The molecule has 1 saturated heterocycles. The van der Waals surface area contributed by atoms with Gasteiger partial charge in [0.05, 0.1) is 0 Å². The molecule has 17 heavy (non-hydrogen) atoms. The summed E-state index contributed by atoms with van der Waals surface area (Å²) in [5.41, 5.74) is 1.38. The van der Waals surface area contributed by atoms with Gasteiger partial charge in [0.15, 0.2) is 0 Å². The van der Waals surface area contributed by atoms with Crippen molar-refractivity contribution in [3.63, 3.8) is 0 Å². The molecule has 1 atom stereocenters. The normalized spacial score (nSPS) is 24.9. The van der Waals surface area contributed by atoms with Gasteiger partial charge in [-0.3, -0.25) is 0 Å². The summed E-state index contributed by atoms with van der Waals surface area (Å²) >= 11 is 0. The molecule has 1 aromatic rings. The summed E-state index contributed by atoms with van der Waals surface area (Å²) in [6.07, 6.45) is 5.55. The van der Waals surface area contributed by atoms with Crippen molar-refractivity contribution >= 4 is 5.69 Å². The molecule has 1 aromatic carbocycles. The zero-order valence-electron chi connectivity index (χ0n) is 10.4. The highest BCUT2D eigenvalue weighted by Crippen LogP contribution is 2.28. The lowest BCUT2D eigenvalue weighted by atomic mass is 10.0. The summed E-state index contributed by atoms with van der Waals surface area (Å²) in [5, 5.41) is 3.74. The minimum Gasteiger partial charge on any atom is -0.370 e. The van der Waals surface area contributed by atoms with Crippen LogP contribution in [0.1, 0.15) is 25.7 Å². The Hall–Kier alpha value is -1.02. The second-order valence-electron chi connectivity index (χ2n) is 5.47. The van der Waals surface area contributed by atoms with Gasteiger partial charge < -0.3 is 10.2 Å². The molecule has 1 saturated carbocycles. The Bertz CT molecular complexity index is 345. The Morgan fingerprint density at radius 1 is 1.12 bits per heavy atom. The maximum atomic E-state index is 3.74. The number of nitrogens with one attached hydrogen (secondary N) is 1. The van der Waals surface area contributed by atoms with Crippen LogP contribution in [0.5, 0.6) is 0 Å². The standard InChI is InChI=1S/C15H22N2/c1-2-6-15(7-3-1)17-10-4-5-14(12-17)16-11-13-8-9-13/h1-3,6-7,13-14,16H,4-5,8-12H2. The average Bonchev–Trinajstić information content (AvgIpc) is 3.22. The zero-order chi connectivity index (χ0) is 11.5. The highest BCUT2D eigenvalue weighted by molar-refractivity contribution is 5.46. The fraction of sp³-hybridized carbons (Fsp3) is 0.600. The van der Waals surface area contributed by atoms with Crippen molar-refractivity contribution < 1.29 is 0 Å². The molecule has 2 fully saturated rings. The molecular weight excluding hydrogens is 208 g/mol. The molecule has 1 N–H and O–H groups in total. The van der Waals surface area contributed by atoms with Gasteiger partial charge in [0, 0.05) is 24.8 Å². The largest absolute Gasteiger partial charge is 0.370 e. The molecule has 1 heterocycles. The molecule has 2 heteroatoms. The van der Waals surface area contributed by atoms with E-state index in [0.717, 1.165) is 5.92 Å². The second-order valence-corrected chi connectivity index (χ2v) is 5.47. The molecule has 2 aliphatic rings. The lowest BCUT2D eigenvalue weighted by molar-refractivity contribution is 0.416. The van der Waals surface area contributed by atoms with Crippen LogP contribution in [0, 0.1) is 5.92 Å². The van der Waals surface area contributed by atoms with Crippen LogP contribution in [0.3, 0.4) is 0 Å². The molecule has 1 aliphatic carbocycles. The van der Waals surface area contributed by atoms with E-state index >= 15 is 0 Å². The first-order valence-corrected chi connectivity index (χ1v) is 6.95. The third-order valence-corrected chi connectivity index (χ3v) is 3.93. The summed E-state index contributed by atoms with van der Waals surface area (Å²) in [6, 6.07) is 11.5. The summed E-state index contributed by atoms with van der Waals surface area (Å²) in [4.78, 5) is 2.52. The fourth-order valence-electron chi connectivity index (χ4n) is 2.67. The van der Waals surface area contributed by atoms with Crippen molar-refractivity contribution in [2.45, 2.75) is 31.7 Å². The van der Waals surface area contributed by atoms with Gasteiger partial charge >= 0.3 is 0 Å². The molecule has 0 spiro atoms. The van der Waals surface area contributed by atoms with Gasteiger partial charge in [0.25, 0.3) is 0 Å².